The first-order valence-electron chi connectivity index (χ1n) is 25.5. The molecule has 2 aliphatic rings. The maximum Gasteiger partial charge on any atom is -0.000137 e. The van der Waals surface area contributed by atoms with Crippen molar-refractivity contribution >= 4 is 32.3 Å². The number of benzene rings is 10. The molecule has 12 rings (SSSR count). The molecule has 0 heterocycles. The topological polar surface area (TPSA) is 0 Å². The molecule has 0 aromatic heterocycles. The van der Waals surface area contributed by atoms with Crippen molar-refractivity contribution in [3.05, 3.63) is 192 Å². The Morgan fingerprint density at radius 2 is 0.557 bits per heavy atom. The van der Waals surface area contributed by atoms with Crippen molar-refractivity contribution in [1.82, 2.24) is 0 Å². The quantitative estimate of drug-likeness (QED) is 0.154. The Labute approximate surface area is 416 Å². The molecule has 0 heteroatoms. The van der Waals surface area contributed by atoms with Gasteiger partial charge in [-0.15, -0.1) is 0 Å². The maximum absolute atomic E-state index is 2.60. The van der Waals surface area contributed by atoms with Crippen LogP contribution in [0.15, 0.2) is 170 Å². The van der Waals surface area contributed by atoms with Gasteiger partial charge in [0.15, 0.2) is 0 Å². The molecule has 0 radical (unpaired) electrons. The van der Waals surface area contributed by atoms with Crippen LogP contribution < -0.4 is 0 Å². The van der Waals surface area contributed by atoms with Crippen molar-refractivity contribution < 1.29 is 0 Å². The largest absolute Gasteiger partial charge is 0.0622 e. The average Bonchev–Trinajstić information content (AvgIpc) is 3.84. The van der Waals surface area contributed by atoms with Crippen molar-refractivity contribution in [1.29, 1.82) is 0 Å². The predicted octanol–water partition coefficient (Wildman–Crippen LogP) is 20.3. The van der Waals surface area contributed by atoms with Crippen molar-refractivity contribution in [3.8, 4) is 89.0 Å². The minimum Gasteiger partial charge on any atom is -0.0622 e. The van der Waals surface area contributed by atoms with E-state index in [0.717, 1.165) is 0 Å². The summed E-state index contributed by atoms with van der Waals surface area (Å²) < 4.78 is 0. The van der Waals surface area contributed by atoms with E-state index in [-0.39, 0.29) is 21.7 Å². The first-order valence-corrected chi connectivity index (χ1v) is 25.5. The predicted molar refractivity (Wildman–Crippen MR) is 304 cm³/mol. The zero-order chi connectivity index (χ0) is 48.8. The summed E-state index contributed by atoms with van der Waals surface area (Å²) in [5, 5.41) is 7.84. The summed E-state index contributed by atoms with van der Waals surface area (Å²) in [5.41, 5.74) is 26.1. The first-order chi connectivity index (χ1) is 33.3. The van der Waals surface area contributed by atoms with E-state index < -0.39 is 0 Å². The third-order valence-electron chi connectivity index (χ3n) is 15.7. The van der Waals surface area contributed by atoms with Gasteiger partial charge < -0.3 is 0 Å². The molecule has 0 bridgehead atoms. The summed E-state index contributed by atoms with van der Waals surface area (Å²) in [5.74, 6) is 0. The van der Waals surface area contributed by atoms with Gasteiger partial charge in [-0.25, -0.2) is 0 Å². The summed E-state index contributed by atoms with van der Waals surface area (Å²) in [4.78, 5) is 0. The van der Waals surface area contributed by atoms with Crippen LogP contribution in [0.3, 0.4) is 0 Å². The molecule has 0 amide bonds. The zero-order valence-electron chi connectivity index (χ0n) is 43.2. The van der Waals surface area contributed by atoms with Gasteiger partial charge in [-0.05, 0) is 190 Å². The Morgan fingerprint density at radius 3 is 0.900 bits per heavy atom. The van der Waals surface area contributed by atoms with Gasteiger partial charge in [0.05, 0.1) is 0 Å². The van der Waals surface area contributed by atoms with Crippen LogP contribution >= 0.6 is 0 Å². The molecule has 0 atom stereocenters. The van der Waals surface area contributed by atoms with Gasteiger partial charge in [-0.2, -0.15) is 0 Å². The van der Waals surface area contributed by atoms with E-state index in [1.807, 2.05) is 0 Å². The fourth-order valence-electron chi connectivity index (χ4n) is 11.8. The highest BCUT2D eigenvalue weighted by atomic mass is 14.4. The minimum atomic E-state index is -0.0687. The van der Waals surface area contributed by atoms with Gasteiger partial charge in [0.1, 0.15) is 0 Å². The third kappa shape index (κ3) is 6.85. The first kappa shape index (κ1) is 44.2. The molecule has 0 saturated heterocycles. The normalized spacial score (nSPS) is 13.1. The van der Waals surface area contributed by atoms with E-state index in [4.69, 9.17) is 0 Å². The number of hydrogen-bond acceptors (Lipinski definition) is 0. The van der Waals surface area contributed by atoms with E-state index >= 15 is 0 Å². The molecule has 0 spiro atoms. The van der Waals surface area contributed by atoms with Crippen LogP contribution in [0.5, 0.6) is 0 Å². The van der Waals surface area contributed by atoms with Gasteiger partial charge >= 0.3 is 0 Å². The average molecular weight is 905 g/mol. The number of fused-ring (bicyclic) bond motifs is 8. The van der Waals surface area contributed by atoms with Gasteiger partial charge in [0.2, 0.25) is 0 Å². The van der Waals surface area contributed by atoms with Crippen molar-refractivity contribution in [2.75, 3.05) is 0 Å². The van der Waals surface area contributed by atoms with Gasteiger partial charge in [-0.3, -0.25) is 0 Å². The van der Waals surface area contributed by atoms with Crippen molar-refractivity contribution in [2.45, 2.75) is 105 Å². The van der Waals surface area contributed by atoms with Crippen LogP contribution in [0.1, 0.15) is 105 Å². The minimum absolute atomic E-state index is 0.0687. The number of hydrogen-bond donors (Lipinski definition) is 0. The highest BCUT2D eigenvalue weighted by Gasteiger charge is 2.38. The molecular formula is C70H64. The fraction of sp³-hybridized carbons (Fsp3) is 0.229. The molecule has 0 aliphatic heterocycles. The van der Waals surface area contributed by atoms with E-state index in [2.05, 4.69) is 253 Å². The Balaban J connectivity index is 1.38. The lowest BCUT2D eigenvalue weighted by atomic mass is 9.75. The lowest BCUT2D eigenvalue weighted by Crippen LogP contribution is -2.17. The monoisotopic (exact) mass is 905 g/mol. The molecule has 344 valence electrons. The summed E-state index contributed by atoms with van der Waals surface area (Å²) in [6.07, 6.45) is 0. The van der Waals surface area contributed by atoms with Crippen molar-refractivity contribution in [3.63, 3.8) is 0 Å². The van der Waals surface area contributed by atoms with E-state index in [0.29, 0.717) is 0 Å². The standard InChI is InChI=1S/C70H64/c1-67(2,3)47-31-45(32-48(37-47)68(4,5)6)59-55-35-43-27-19-20-28-44(43)36-56(55)60(46-33-49(69(7,8)9)38-50(34-46)70(10,11)12)65-58-40-54(42-25-17-14-18-26-42)62-52-30-22-21-29-51(52)61-53(41-23-15-13-16-24-41)39-57(64(59)65)63(58)66(61)62/h13-40H,1-12H3. The lowest BCUT2D eigenvalue weighted by molar-refractivity contribution is 0.568. The summed E-state index contributed by atoms with van der Waals surface area (Å²) in [6, 6.07) is 66.0. The van der Waals surface area contributed by atoms with Crippen LogP contribution in [0.2, 0.25) is 0 Å². The Morgan fingerprint density at radius 1 is 0.229 bits per heavy atom. The summed E-state index contributed by atoms with van der Waals surface area (Å²) in [6.45, 7) is 28.5. The second-order valence-electron chi connectivity index (χ2n) is 24.6. The number of rotatable bonds is 4. The Hall–Kier alpha value is -7.02. The highest BCUT2D eigenvalue weighted by molar-refractivity contribution is 6.35. The van der Waals surface area contributed by atoms with E-state index in [1.54, 1.807) is 0 Å². The van der Waals surface area contributed by atoms with Crippen LogP contribution in [-0.4, -0.2) is 0 Å². The SMILES string of the molecule is CC(C)(C)c1cc(-c2c3c(c(-c4cc(C(C)(C)C)cc(C(C)(C)C)c4)c4cc5ccccc5cc24)-c2cc(-c4ccccc4)c4c5c(c(-c6ccccc6)cc-3c25)-c2ccccc2-4)cc(C(C)(C)C)c1. The summed E-state index contributed by atoms with van der Waals surface area (Å²) in [7, 11) is 0. The molecule has 10 aromatic rings. The molecule has 0 fully saturated rings. The third-order valence-corrected chi connectivity index (χ3v) is 15.7. The molecule has 2 aliphatic carbocycles. The van der Waals surface area contributed by atoms with Crippen LogP contribution in [0, 0.1) is 0 Å². The fourth-order valence-corrected chi connectivity index (χ4v) is 11.8. The van der Waals surface area contributed by atoms with Crippen LogP contribution in [0.4, 0.5) is 0 Å². The highest BCUT2D eigenvalue weighted by Crippen LogP contribution is 2.65. The maximum atomic E-state index is 2.60. The molecular weight excluding hydrogens is 841 g/mol. The molecule has 0 saturated carbocycles. The summed E-state index contributed by atoms with van der Waals surface area (Å²) >= 11 is 0. The molecule has 0 unspecified atom stereocenters. The Bertz CT molecular complexity index is 3500. The van der Waals surface area contributed by atoms with Crippen molar-refractivity contribution in [2.24, 2.45) is 0 Å². The Kier molecular flexibility index (Phi) is 9.62. The smallest absolute Gasteiger partial charge is 0.000137 e. The zero-order valence-corrected chi connectivity index (χ0v) is 43.2. The van der Waals surface area contributed by atoms with Gasteiger partial charge in [0, 0.05) is 0 Å². The van der Waals surface area contributed by atoms with E-state index in [9.17, 15) is 0 Å². The molecule has 70 heavy (non-hydrogen) atoms. The molecule has 0 nitrogen and oxygen atoms in total. The molecule has 0 N–H and O–H groups in total. The van der Waals surface area contributed by atoms with Gasteiger partial charge in [0.25, 0.3) is 0 Å². The second-order valence-corrected chi connectivity index (χ2v) is 24.6. The van der Waals surface area contributed by atoms with Gasteiger partial charge in [-0.1, -0.05) is 229 Å². The van der Waals surface area contributed by atoms with Crippen LogP contribution in [-0.2, 0) is 21.7 Å². The lowest BCUT2D eigenvalue weighted by Gasteiger charge is -2.29. The van der Waals surface area contributed by atoms with E-state index in [1.165, 1.54) is 144 Å². The van der Waals surface area contributed by atoms with Crippen LogP contribution in [0.25, 0.3) is 121 Å². The second kappa shape index (κ2) is 15.2. The molecule has 10 aromatic carbocycles.